The number of nitro benzene ring substituents is 1. The summed E-state index contributed by atoms with van der Waals surface area (Å²) in [7, 11) is 0. The summed E-state index contributed by atoms with van der Waals surface area (Å²) in [6, 6.07) is 18.1. The van der Waals surface area contributed by atoms with E-state index in [1.54, 1.807) is 18.3 Å². The minimum Gasteiger partial charge on any atom is -0.488 e. The maximum Gasteiger partial charge on any atom is 0.269 e. The van der Waals surface area contributed by atoms with E-state index < -0.39 is 4.92 Å². The Labute approximate surface area is 173 Å². The molecule has 0 bridgehead atoms. The number of hydrogen-bond donors (Lipinski definition) is 2. The highest BCUT2D eigenvalue weighted by molar-refractivity contribution is 7.80. The summed E-state index contributed by atoms with van der Waals surface area (Å²) >= 11 is 5.13. The Morgan fingerprint density at radius 2 is 1.93 bits per heavy atom. The van der Waals surface area contributed by atoms with Crippen molar-refractivity contribution in [1.82, 2.24) is 10.7 Å². The molecule has 0 aliphatic carbocycles. The van der Waals surface area contributed by atoms with Gasteiger partial charge in [0.05, 0.1) is 11.1 Å². The van der Waals surface area contributed by atoms with Crippen LogP contribution in [0.25, 0.3) is 10.8 Å². The van der Waals surface area contributed by atoms with Crippen molar-refractivity contribution in [3.05, 3.63) is 81.9 Å². The van der Waals surface area contributed by atoms with Crippen LogP contribution in [0.2, 0.25) is 0 Å². The van der Waals surface area contributed by atoms with Crippen LogP contribution in [0.4, 0.5) is 5.69 Å². The molecular formula is C21H20N4O3S. The first-order valence-electron chi connectivity index (χ1n) is 9.03. The number of nitrogens with zero attached hydrogens (tertiary/aromatic N) is 2. The molecule has 0 fully saturated rings. The largest absolute Gasteiger partial charge is 0.488 e. The average molecular weight is 408 g/mol. The summed E-state index contributed by atoms with van der Waals surface area (Å²) < 4.78 is 6.00. The van der Waals surface area contributed by atoms with Gasteiger partial charge in [0.25, 0.3) is 5.69 Å². The molecule has 3 rings (SSSR count). The van der Waals surface area contributed by atoms with Crippen molar-refractivity contribution in [2.45, 2.75) is 13.5 Å². The van der Waals surface area contributed by atoms with Crippen molar-refractivity contribution in [2.24, 2.45) is 5.10 Å². The van der Waals surface area contributed by atoms with E-state index in [2.05, 4.69) is 15.8 Å². The summed E-state index contributed by atoms with van der Waals surface area (Å²) in [4.78, 5) is 10.4. The molecule has 0 amide bonds. The molecule has 3 aromatic rings. The van der Waals surface area contributed by atoms with Crippen LogP contribution in [-0.2, 0) is 6.61 Å². The molecule has 29 heavy (non-hydrogen) atoms. The second kappa shape index (κ2) is 9.61. The van der Waals surface area contributed by atoms with Gasteiger partial charge in [-0.1, -0.05) is 30.3 Å². The first-order chi connectivity index (χ1) is 14.1. The van der Waals surface area contributed by atoms with Crippen LogP contribution in [0.3, 0.4) is 0 Å². The van der Waals surface area contributed by atoms with Crippen LogP contribution in [0.1, 0.15) is 18.1 Å². The zero-order valence-corrected chi connectivity index (χ0v) is 16.6. The number of benzene rings is 3. The zero-order chi connectivity index (χ0) is 20.6. The van der Waals surface area contributed by atoms with E-state index in [4.69, 9.17) is 17.0 Å². The second-order valence-corrected chi connectivity index (χ2v) is 6.55. The quantitative estimate of drug-likeness (QED) is 0.264. The molecule has 0 aliphatic rings. The third-order valence-corrected chi connectivity index (χ3v) is 4.40. The van der Waals surface area contributed by atoms with Crippen LogP contribution >= 0.6 is 12.2 Å². The number of fused-ring (bicyclic) bond motifs is 1. The van der Waals surface area contributed by atoms with Gasteiger partial charge in [0.1, 0.15) is 12.4 Å². The van der Waals surface area contributed by atoms with E-state index in [1.165, 1.54) is 12.1 Å². The van der Waals surface area contributed by atoms with E-state index in [-0.39, 0.29) is 12.3 Å². The van der Waals surface area contributed by atoms with Gasteiger partial charge >= 0.3 is 0 Å². The lowest BCUT2D eigenvalue weighted by atomic mass is 10.0. The summed E-state index contributed by atoms with van der Waals surface area (Å²) in [6.07, 6.45) is 1.68. The van der Waals surface area contributed by atoms with Gasteiger partial charge in [-0.05, 0) is 53.7 Å². The fourth-order valence-electron chi connectivity index (χ4n) is 2.77. The number of hydrazone groups is 1. The van der Waals surface area contributed by atoms with Gasteiger partial charge in [-0.2, -0.15) is 5.10 Å². The standard InChI is InChI=1S/C21H20N4O3S/c1-2-22-21(29)24-23-13-19-18-6-4-3-5-16(18)9-12-20(19)28-14-15-7-10-17(11-8-15)25(26)27/h3-13H,2,14H2,1H3,(H2,22,24,29). The fraction of sp³-hybridized carbons (Fsp3) is 0.143. The smallest absolute Gasteiger partial charge is 0.269 e. The van der Waals surface area contributed by atoms with Crippen molar-refractivity contribution >= 4 is 40.0 Å². The van der Waals surface area contributed by atoms with E-state index in [9.17, 15) is 10.1 Å². The lowest BCUT2D eigenvalue weighted by molar-refractivity contribution is -0.384. The Balaban J connectivity index is 1.83. The molecule has 8 heteroatoms. The molecule has 7 nitrogen and oxygen atoms in total. The molecule has 0 aromatic heterocycles. The van der Waals surface area contributed by atoms with Gasteiger partial charge in [0.2, 0.25) is 0 Å². The normalized spacial score (nSPS) is 10.8. The van der Waals surface area contributed by atoms with Crippen molar-refractivity contribution in [3.63, 3.8) is 0 Å². The number of non-ortho nitro benzene ring substituents is 1. The Morgan fingerprint density at radius 1 is 1.17 bits per heavy atom. The maximum atomic E-state index is 10.8. The van der Waals surface area contributed by atoms with Crippen molar-refractivity contribution in [3.8, 4) is 5.75 Å². The third-order valence-electron chi connectivity index (χ3n) is 4.17. The predicted octanol–water partition coefficient (Wildman–Crippen LogP) is 4.14. The highest BCUT2D eigenvalue weighted by Crippen LogP contribution is 2.27. The molecule has 0 aliphatic heterocycles. The first-order valence-corrected chi connectivity index (χ1v) is 9.44. The van der Waals surface area contributed by atoms with Crippen LogP contribution < -0.4 is 15.5 Å². The second-order valence-electron chi connectivity index (χ2n) is 6.14. The van der Waals surface area contributed by atoms with Crippen LogP contribution in [0.5, 0.6) is 5.75 Å². The molecule has 0 atom stereocenters. The maximum absolute atomic E-state index is 10.8. The van der Waals surface area contributed by atoms with Gasteiger partial charge in [0, 0.05) is 24.2 Å². The minimum absolute atomic E-state index is 0.0509. The molecule has 3 aromatic carbocycles. The molecule has 0 spiro atoms. The summed E-state index contributed by atoms with van der Waals surface area (Å²) in [5.74, 6) is 0.655. The number of thiocarbonyl (C=S) groups is 1. The molecule has 0 radical (unpaired) electrons. The van der Waals surface area contributed by atoms with Crippen LogP contribution in [0, 0.1) is 10.1 Å². The van der Waals surface area contributed by atoms with Crippen LogP contribution in [-0.4, -0.2) is 22.8 Å². The molecule has 2 N–H and O–H groups in total. The summed E-state index contributed by atoms with van der Waals surface area (Å²) in [5, 5.41) is 20.5. The van der Waals surface area contributed by atoms with Crippen molar-refractivity contribution in [1.29, 1.82) is 0 Å². The number of nitro groups is 1. The topological polar surface area (TPSA) is 88.8 Å². The number of hydrogen-bond acceptors (Lipinski definition) is 5. The van der Waals surface area contributed by atoms with E-state index in [1.807, 2.05) is 43.3 Å². The Morgan fingerprint density at radius 3 is 2.66 bits per heavy atom. The average Bonchev–Trinajstić information content (AvgIpc) is 2.73. The van der Waals surface area contributed by atoms with Gasteiger partial charge in [0.15, 0.2) is 5.11 Å². The molecule has 0 heterocycles. The Kier molecular flexibility index (Phi) is 6.70. The minimum atomic E-state index is -0.423. The summed E-state index contributed by atoms with van der Waals surface area (Å²) in [5.41, 5.74) is 4.48. The van der Waals surface area contributed by atoms with Crippen molar-refractivity contribution < 1.29 is 9.66 Å². The van der Waals surface area contributed by atoms with Gasteiger partial charge < -0.3 is 10.1 Å². The van der Waals surface area contributed by atoms with E-state index >= 15 is 0 Å². The van der Waals surface area contributed by atoms with Gasteiger partial charge in [-0.3, -0.25) is 15.5 Å². The molecular weight excluding hydrogens is 388 g/mol. The molecule has 0 saturated heterocycles. The first kappa shape index (κ1) is 20.2. The molecule has 0 saturated carbocycles. The van der Waals surface area contributed by atoms with E-state index in [0.717, 1.165) is 21.9 Å². The molecule has 148 valence electrons. The number of ether oxygens (including phenoxy) is 1. The number of nitrogens with one attached hydrogen (secondary N) is 2. The molecule has 0 unspecified atom stereocenters. The Hall–Kier alpha value is -3.52. The highest BCUT2D eigenvalue weighted by Gasteiger charge is 2.09. The SMILES string of the molecule is CCNC(=S)NN=Cc1c(OCc2ccc([N+](=O)[O-])cc2)ccc2ccccc12. The number of rotatable bonds is 7. The van der Waals surface area contributed by atoms with Crippen LogP contribution in [0.15, 0.2) is 65.8 Å². The zero-order valence-electron chi connectivity index (χ0n) is 15.8. The predicted molar refractivity (Wildman–Crippen MR) is 118 cm³/mol. The summed E-state index contributed by atoms with van der Waals surface area (Å²) in [6.45, 7) is 2.94. The lowest BCUT2D eigenvalue weighted by Crippen LogP contribution is -2.31. The van der Waals surface area contributed by atoms with E-state index in [0.29, 0.717) is 17.4 Å². The Bertz CT molecular complexity index is 1050. The third kappa shape index (κ3) is 5.26. The van der Waals surface area contributed by atoms with Crippen molar-refractivity contribution in [2.75, 3.05) is 6.54 Å². The monoisotopic (exact) mass is 408 g/mol. The fourth-order valence-corrected chi connectivity index (χ4v) is 2.96. The van der Waals surface area contributed by atoms with Gasteiger partial charge in [-0.25, -0.2) is 0 Å². The lowest BCUT2D eigenvalue weighted by Gasteiger charge is -2.12. The highest BCUT2D eigenvalue weighted by atomic mass is 32.1. The van der Waals surface area contributed by atoms with Gasteiger partial charge in [-0.15, -0.1) is 0 Å².